The molecule has 0 aromatic heterocycles. The van der Waals surface area contributed by atoms with E-state index in [4.69, 9.17) is 0 Å². The first-order valence-electron chi connectivity index (χ1n) is 4.73. The average molecular weight is 319 g/mol. The molecule has 0 fully saturated rings. The van der Waals surface area contributed by atoms with Crippen molar-refractivity contribution >= 4 is 11.9 Å². The summed E-state index contributed by atoms with van der Waals surface area (Å²) in [7, 11) is 0. The van der Waals surface area contributed by atoms with Crippen molar-refractivity contribution in [2.45, 2.75) is 0 Å². The maximum atomic E-state index is 9.50. The quantitative estimate of drug-likeness (QED) is 0.512. The van der Waals surface area contributed by atoms with Crippen molar-refractivity contribution in [1.82, 2.24) is 0 Å². The van der Waals surface area contributed by atoms with Gasteiger partial charge in [0.1, 0.15) is 5.75 Å². The molecule has 0 amide bonds. The zero-order chi connectivity index (χ0) is 10.5. The van der Waals surface area contributed by atoms with Gasteiger partial charge < -0.3 is 12.5 Å². The molecule has 0 aliphatic heterocycles. The van der Waals surface area contributed by atoms with Gasteiger partial charge in [-0.15, -0.1) is 0 Å². The molecule has 0 saturated heterocycles. The first-order valence-corrected chi connectivity index (χ1v) is 4.73. The minimum atomic E-state index is 0. The molecule has 0 aliphatic carbocycles. The van der Waals surface area contributed by atoms with Crippen LogP contribution in [0.1, 0.15) is 5.56 Å². The number of para-hydroxylation sites is 2. The smallest absolute Gasteiger partial charge is 0.124 e. The van der Waals surface area contributed by atoms with Crippen LogP contribution in [0.15, 0.2) is 59.6 Å². The van der Waals surface area contributed by atoms with Crippen LogP contribution in [0.25, 0.3) is 0 Å². The van der Waals surface area contributed by atoms with Gasteiger partial charge in [-0.1, -0.05) is 30.3 Å². The van der Waals surface area contributed by atoms with E-state index in [1.54, 1.807) is 18.3 Å². The Kier molecular flexibility index (Phi) is 7.13. The van der Waals surface area contributed by atoms with Crippen molar-refractivity contribution in [3.05, 3.63) is 67.6 Å². The van der Waals surface area contributed by atoms with Gasteiger partial charge >= 0.3 is 0 Å². The van der Waals surface area contributed by atoms with Gasteiger partial charge in [0.25, 0.3) is 0 Å². The van der Waals surface area contributed by atoms with Crippen LogP contribution in [-0.2, 0) is 20.4 Å². The number of hydrogen-bond donors (Lipinski definition) is 1. The summed E-state index contributed by atoms with van der Waals surface area (Å²) in [4.78, 5) is 4.25. The number of phenolic OH excluding ortho intramolecular Hbond substituents is 1. The largest absolute Gasteiger partial charge is 0.507 e. The van der Waals surface area contributed by atoms with Crippen molar-refractivity contribution in [3.8, 4) is 5.75 Å². The molecule has 0 heterocycles. The van der Waals surface area contributed by atoms with Crippen molar-refractivity contribution in [1.29, 1.82) is 0 Å². The van der Waals surface area contributed by atoms with Gasteiger partial charge in [0, 0.05) is 32.2 Å². The Labute approximate surface area is 116 Å². The molecule has 0 atom stereocenters. The van der Waals surface area contributed by atoms with Crippen LogP contribution in [0.5, 0.6) is 5.75 Å². The number of aromatic hydroxyl groups is 1. The number of benzene rings is 2. The Morgan fingerprint density at radius 3 is 2.12 bits per heavy atom. The Morgan fingerprint density at radius 1 is 0.882 bits per heavy atom. The molecule has 0 unspecified atom stereocenters. The molecular formula is C14H14NOPd-. The van der Waals surface area contributed by atoms with E-state index in [9.17, 15) is 5.11 Å². The molecule has 0 aliphatic rings. The van der Waals surface area contributed by atoms with E-state index in [1.807, 2.05) is 42.5 Å². The minimum absolute atomic E-state index is 0. The fourth-order valence-electron chi connectivity index (χ4n) is 1.25. The maximum Gasteiger partial charge on any atom is 0.124 e. The van der Waals surface area contributed by atoms with Crippen LogP contribution in [0.2, 0.25) is 0 Å². The predicted octanol–water partition coefficient (Wildman–Crippen LogP) is 3.59. The van der Waals surface area contributed by atoms with E-state index in [0.29, 0.717) is 0 Å². The molecule has 1 N–H and O–H groups in total. The Hall–Kier alpha value is -1.43. The fourth-order valence-corrected chi connectivity index (χ4v) is 1.25. The monoisotopic (exact) mass is 318 g/mol. The molecule has 2 aromatic carbocycles. The first kappa shape index (κ1) is 15.6. The molecule has 0 spiro atoms. The molecule has 92 valence electrons. The summed E-state index contributed by atoms with van der Waals surface area (Å²) in [5.74, 6) is 0.247. The fraction of sp³-hybridized carbons (Fsp3) is 0. The second-order valence-electron chi connectivity index (χ2n) is 3.15. The molecule has 0 saturated carbocycles. The molecule has 17 heavy (non-hydrogen) atoms. The Bertz CT molecular complexity index is 469. The molecule has 0 radical (unpaired) electrons. The third-order valence-electron chi connectivity index (χ3n) is 2.05. The zero-order valence-electron chi connectivity index (χ0n) is 9.48. The topological polar surface area (TPSA) is 32.6 Å². The second-order valence-corrected chi connectivity index (χ2v) is 3.15. The van der Waals surface area contributed by atoms with Gasteiger partial charge in [-0.25, -0.2) is 0 Å². The number of rotatable bonds is 2. The molecule has 2 aromatic rings. The van der Waals surface area contributed by atoms with E-state index in [0.717, 1.165) is 11.3 Å². The normalized spacial score (nSPS) is 9.41. The summed E-state index contributed by atoms with van der Waals surface area (Å²) >= 11 is 0. The Balaban J connectivity index is 0.00000128. The van der Waals surface area contributed by atoms with Crippen LogP contribution in [-0.4, -0.2) is 11.3 Å². The average Bonchev–Trinajstić information content (AvgIpc) is 2.29. The maximum absolute atomic E-state index is 9.50. The van der Waals surface area contributed by atoms with E-state index < -0.39 is 0 Å². The predicted molar refractivity (Wildman–Crippen MR) is 68.2 cm³/mol. The summed E-state index contributed by atoms with van der Waals surface area (Å²) in [6, 6.07) is 16.7. The van der Waals surface area contributed by atoms with Crippen molar-refractivity contribution in [2.75, 3.05) is 0 Å². The molecule has 3 heteroatoms. The SMILES string of the molecule is Oc1ccccc1C=Nc1ccccc1.[CH3-].[Pd]. The number of phenols is 1. The van der Waals surface area contributed by atoms with Gasteiger partial charge in [0.05, 0.1) is 5.69 Å². The molecule has 2 nitrogen and oxygen atoms in total. The summed E-state index contributed by atoms with van der Waals surface area (Å²) in [5.41, 5.74) is 1.60. The van der Waals surface area contributed by atoms with Gasteiger partial charge in [-0.05, 0) is 24.3 Å². The van der Waals surface area contributed by atoms with Gasteiger partial charge in [0.15, 0.2) is 0 Å². The standard InChI is InChI=1S/C13H11NO.CH3.Pd/c15-13-9-5-4-6-11(13)10-14-12-7-2-1-3-8-12;;/h1-10,15H;1H3;/q;-1;. The number of hydrogen-bond acceptors (Lipinski definition) is 2. The third kappa shape index (κ3) is 4.52. The van der Waals surface area contributed by atoms with Gasteiger partial charge in [-0.2, -0.15) is 0 Å². The summed E-state index contributed by atoms with van der Waals surface area (Å²) in [6.07, 6.45) is 1.66. The molecule has 0 bridgehead atoms. The third-order valence-corrected chi connectivity index (χ3v) is 2.05. The van der Waals surface area contributed by atoms with Crippen LogP contribution in [0.3, 0.4) is 0 Å². The van der Waals surface area contributed by atoms with Crippen molar-refractivity contribution < 1.29 is 25.5 Å². The van der Waals surface area contributed by atoms with Crippen LogP contribution >= 0.6 is 0 Å². The Morgan fingerprint density at radius 2 is 1.47 bits per heavy atom. The number of nitrogens with zero attached hydrogens (tertiary/aromatic N) is 1. The summed E-state index contributed by atoms with van der Waals surface area (Å²) in [5, 5.41) is 9.50. The van der Waals surface area contributed by atoms with Crippen molar-refractivity contribution in [3.63, 3.8) is 0 Å². The number of aliphatic imine (C=N–C) groups is 1. The van der Waals surface area contributed by atoms with E-state index in [-0.39, 0.29) is 33.6 Å². The van der Waals surface area contributed by atoms with Crippen LogP contribution in [0, 0.1) is 7.43 Å². The van der Waals surface area contributed by atoms with Gasteiger partial charge in [-0.3, -0.25) is 4.99 Å². The van der Waals surface area contributed by atoms with E-state index >= 15 is 0 Å². The molecular weight excluding hydrogens is 305 g/mol. The first-order chi connectivity index (χ1) is 7.36. The summed E-state index contributed by atoms with van der Waals surface area (Å²) < 4.78 is 0. The second kappa shape index (κ2) is 7.78. The summed E-state index contributed by atoms with van der Waals surface area (Å²) in [6.45, 7) is 0. The van der Waals surface area contributed by atoms with Crippen LogP contribution < -0.4 is 0 Å². The van der Waals surface area contributed by atoms with E-state index in [1.165, 1.54) is 0 Å². The van der Waals surface area contributed by atoms with E-state index in [2.05, 4.69) is 4.99 Å². The van der Waals surface area contributed by atoms with Crippen molar-refractivity contribution in [2.24, 2.45) is 4.99 Å². The molecule has 2 rings (SSSR count). The minimum Gasteiger partial charge on any atom is -0.507 e. The zero-order valence-corrected chi connectivity index (χ0v) is 11.0. The van der Waals surface area contributed by atoms with Gasteiger partial charge in [0.2, 0.25) is 0 Å². The van der Waals surface area contributed by atoms with Crippen LogP contribution in [0.4, 0.5) is 5.69 Å².